The molecule has 0 aliphatic rings. The maximum absolute atomic E-state index is 13.7. The first-order valence-corrected chi connectivity index (χ1v) is 7.26. The lowest BCUT2D eigenvalue weighted by Gasteiger charge is -2.18. The van der Waals surface area contributed by atoms with Crippen LogP contribution in [0.25, 0.3) is 0 Å². The largest absolute Gasteiger partial charge is 0.494 e. The van der Waals surface area contributed by atoms with Crippen molar-refractivity contribution in [2.75, 3.05) is 7.11 Å². The number of nitrogens with one attached hydrogen (secondary N) is 1. The Kier molecular flexibility index (Phi) is 5.15. The van der Waals surface area contributed by atoms with E-state index in [2.05, 4.69) is 5.32 Å². The lowest BCUT2D eigenvalue weighted by molar-refractivity contribution is 0.0935. The second-order valence-corrected chi connectivity index (χ2v) is 5.19. The lowest BCUT2D eigenvalue weighted by atomic mass is 10.0. The zero-order valence-electron chi connectivity index (χ0n) is 13.0. The van der Waals surface area contributed by atoms with E-state index in [4.69, 9.17) is 4.74 Å². The predicted octanol–water partition coefficient (Wildman–Crippen LogP) is 4.02. The van der Waals surface area contributed by atoms with Crippen LogP contribution in [0.2, 0.25) is 0 Å². The Hall–Kier alpha value is -2.36. The molecule has 2 aromatic carbocycles. The van der Waals surface area contributed by atoms with Crippen molar-refractivity contribution in [1.82, 2.24) is 5.32 Å². The summed E-state index contributed by atoms with van der Waals surface area (Å²) in [5.41, 5.74) is 2.49. The topological polar surface area (TPSA) is 38.3 Å². The number of halogens is 1. The number of benzene rings is 2. The molecule has 0 aliphatic carbocycles. The molecule has 0 spiro atoms. The van der Waals surface area contributed by atoms with E-state index in [9.17, 15) is 9.18 Å². The molecule has 3 nitrogen and oxygen atoms in total. The van der Waals surface area contributed by atoms with Crippen LogP contribution in [-0.2, 0) is 0 Å². The SMILES string of the molecule is CC[C@@H](NC(=O)c1ccc(OC)c(F)c1)c1ccc(C)cc1. The maximum atomic E-state index is 13.7. The van der Waals surface area contributed by atoms with Crippen molar-refractivity contribution in [2.24, 2.45) is 0 Å². The second kappa shape index (κ2) is 7.07. The zero-order valence-corrected chi connectivity index (χ0v) is 13.0. The van der Waals surface area contributed by atoms with Gasteiger partial charge in [-0.3, -0.25) is 4.79 Å². The van der Waals surface area contributed by atoms with E-state index in [0.717, 1.165) is 12.0 Å². The summed E-state index contributed by atoms with van der Waals surface area (Å²) in [6, 6.07) is 12.1. The van der Waals surface area contributed by atoms with E-state index < -0.39 is 5.82 Å². The van der Waals surface area contributed by atoms with E-state index in [1.54, 1.807) is 6.07 Å². The van der Waals surface area contributed by atoms with Crippen molar-refractivity contribution in [3.05, 3.63) is 65.0 Å². The van der Waals surface area contributed by atoms with Crippen LogP contribution in [0.3, 0.4) is 0 Å². The fraction of sp³-hybridized carbons (Fsp3) is 0.278. The van der Waals surface area contributed by atoms with Crippen LogP contribution in [0.1, 0.15) is 40.9 Å². The molecule has 0 radical (unpaired) electrons. The van der Waals surface area contributed by atoms with Gasteiger partial charge in [0.15, 0.2) is 11.6 Å². The van der Waals surface area contributed by atoms with Crippen molar-refractivity contribution in [2.45, 2.75) is 26.3 Å². The van der Waals surface area contributed by atoms with Gasteiger partial charge >= 0.3 is 0 Å². The number of aryl methyl sites for hydroxylation is 1. The molecular formula is C18H20FNO2. The molecule has 22 heavy (non-hydrogen) atoms. The molecule has 0 saturated carbocycles. The Bertz CT molecular complexity index is 653. The van der Waals surface area contributed by atoms with Gasteiger partial charge in [0.2, 0.25) is 0 Å². The molecule has 1 atom stereocenters. The van der Waals surface area contributed by atoms with Crippen molar-refractivity contribution in [3.63, 3.8) is 0 Å². The highest BCUT2D eigenvalue weighted by atomic mass is 19.1. The normalized spacial score (nSPS) is 11.8. The zero-order chi connectivity index (χ0) is 16.1. The number of rotatable bonds is 5. The van der Waals surface area contributed by atoms with E-state index >= 15 is 0 Å². The summed E-state index contributed by atoms with van der Waals surface area (Å²) in [6.07, 6.45) is 0.757. The molecule has 0 aliphatic heterocycles. The molecule has 0 unspecified atom stereocenters. The minimum atomic E-state index is -0.543. The summed E-state index contributed by atoms with van der Waals surface area (Å²) in [7, 11) is 1.39. The van der Waals surface area contributed by atoms with Crippen LogP contribution in [0.4, 0.5) is 4.39 Å². The molecule has 0 heterocycles. The van der Waals surface area contributed by atoms with E-state index in [1.807, 2.05) is 38.1 Å². The fourth-order valence-corrected chi connectivity index (χ4v) is 2.27. The quantitative estimate of drug-likeness (QED) is 0.905. The van der Waals surface area contributed by atoms with E-state index in [0.29, 0.717) is 0 Å². The molecular weight excluding hydrogens is 281 g/mol. The third-order valence-electron chi connectivity index (χ3n) is 3.61. The fourth-order valence-electron chi connectivity index (χ4n) is 2.27. The first kappa shape index (κ1) is 16.0. The van der Waals surface area contributed by atoms with Crippen LogP contribution >= 0.6 is 0 Å². The van der Waals surface area contributed by atoms with Gasteiger partial charge in [-0.15, -0.1) is 0 Å². The minimum Gasteiger partial charge on any atom is -0.494 e. The Morgan fingerprint density at radius 3 is 2.45 bits per heavy atom. The Morgan fingerprint density at radius 1 is 1.23 bits per heavy atom. The Morgan fingerprint density at radius 2 is 1.91 bits per heavy atom. The third-order valence-corrected chi connectivity index (χ3v) is 3.61. The van der Waals surface area contributed by atoms with Crippen molar-refractivity contribution in [1.29, 1.82) is 0 Å². The average Bonchev–Trinajstić information content (AvgIpc) is 2.53. The molecule has 0 fully saturated rings. The van der Waals surface area contributed by atoms with Crippen molar-refractivity contribution >= 4 is 5.91 Å². The number of amides is 1. The first-order chi connectivity index (χ1) is 10.5. The predicted molar refractivity (Wildman–Crippen MR) is 84.6 cm³/mol. The Balaban J connectivity index is 2.15. The standard InChI is InChI=1S/C18H20FNO2/c1-4-16(13-7-5-12(2)6-8-13)20-18(21)14-9-10-17(22-3)15(19)11-14/h5-11,16H,4H2,1-3H3,(H,20,21)/t16-/m1/s1. The molecule has 0 aromatic heterocycles. The summed E-state index contributed by atoms with van der Waals surface area (Å²) < 4.78 is 18.5. The van der Waals surface area contributed by atoms with E-state index in [1.165, 1.54) is 24.8 Å². The number of carbonyl (C=O) groups is 1. The minimum absolute atomic E-state index is 0.0988. The summed E-state index contributed by atoms with van der Waals surface area (Å²) in [6.45, 7) is 4.02. The molecule has 2 rings (SSSR count). The van der Waals surface area contributed by atoms with Gasteiger partial charge in [-0.05, 0) is 37.1 Å². The van der Waals surface area contributed by atoms with Gasteiger partial charge in [0.05, 0.1) is 13.2 Å². The number of hydrogen-bond donors (Lipinski definition) is 1. The van der Waals surface area contributed by atoms with Gasteiger partial charge in [-0.2, -0.15) is 0 Å². The van der Waals surface area contributed by atoms with Gasteiger partial charge < -0.3 is 10.1 Å². The summed E-state index contributed by atoms with van der Waals surface area (Å²) in [4.78, 5) is 12.3. The molecule has 1 amide bonds. The van der Waals surface area contributed by atoms with Gasteiger partial charge in [0, 0.05) is 5.56 Å². The van der Waals surface area contributed by atoms with Gasteiger partial charge in [0.25, 0.3) is 5.91 Å². The van der Waals surface area contributed by atoms with Crippen LogP contribution < -0.4 is 10.1 Å². The van der Waals surface area contributed by atoms with E-state index in [-0.39, 0.29) is 23.3 Å². The average molecular weight is 301 g/mol. The number of methoxy groups -OCH3 is 1. The van der Waals surface area contributed by atoms with Crippen LogP contribution in [-0.4, -0.2) is 13.0 Å². The van der Waals surface area contributed by atoms with Crippen LogP contribution in [0, 0.1) is 12.7 Å². The molecule has 4 heteroatoms. The maximum Gasteiger partial charge on any atom is 0.251 e. The number of ether oxygens (including phenoxy) is 1. The van der Waals surface area contributed by atoms with Crippen molar-refractivity contribution in [3.8, 4) is 5.75 Å². The molecule has 2 aromatic rings. The molecule has 0 bridgehead atoms. The van der Waals surface area contributed by atoms with Crippen LogP contribution in [0.15, 0.2) is 42.5 Å². The summed E-state index contributed by atoms with van der Waals surface area (Å²) in [5, 5.41) is 2.94. The first-order valence-electron chi connectivity index (χ1n) is 7.26. The summed E-state index contributed by atoms with van der Waals surface area (Å²) in [5.74, 6) is -0.713. The molecule has 1 N–H and O–H groups in total. The Labute approximate surface area is 130 Å². The molecule has 0 saturated heterocycles. The highest BCUT2D eigenvalue weighted by Gasteiger charge is 2.15. The summed E-state index contributed by atoms with van der Waals surface area (Å²) >= 11 is 0. The van der Waals surface area contributed by atoms with Gasteiger partial charge in [-0.25, -0.2) is 4.39 Å². The van der Waals surface area contributed by atoms with Crippen LogP contribution in [0.5, 0.6) is 5.75 Å². The highest BCUT2D eigenvalue weighted by molar-refractivity contribution is 5.94. The highest BCUT2D eigenvalue weighted by Crippen LogP contribution is 2.20. The number of carbonyl (C=O) groups excluding carboxylic acids is 1. The number of hydrogen-bond acceptors (Lipinski definition) is 2. The lowest BCUT2D eigenvalue weighted by Crippen LogP contribution is -2.28. The monoisotopic (exact) mass is 301 g/mol. The van der Waals surface area contributed by atoms with Crippen molar-refractivity contribution < 1.29 is 13.9 Å². The third kappa shape index (κ3) is 3.64. The smallest absolute Gasteiger partial charge is 0.251 e. The molecule has 116 valence electrons. The van der Waals surface area contributed by atoms with Gasteiger partial charge in [0.1, 0.15) is 0 Å². The van der Waals surface area contributed by atoms with Gasteiger partial charge in [-0.1, -0.05) is 36.8 Å². The second-order valence-electron chi connectivity index (χ2n) is 5.19.